The van der Waals surface area contributed by atoms with Gasteiger partial charge < -0.3 is 18.9 Å². The van der Waals surface area contributed by atoms with E-state index in [0.717, 1.165) is 12.8 Å². The molecule has 0 radical (unpaired) electrons. The molecular weight excluding hydrogens is 354 g/mol. The first-order chi connectivity index (χ1) is 12.7. The minimum atomic E-state index is -0.608. The number of rotatable bonds is 8. The van der Waals surface area contributed by atoms with Crippen LogP contribution in [0.5, 0.6) is 0 Å². The normalized spacial score (nSPS) is 33.8. The number of halogens is 2. The van der Waals surface area contributed by atoms with Crippen LogP contribution in [-0.4, -0.2) is 36.3 Å². The molecule has 1 unspecified atom stereocenters. The van der Waals surface area contributed by atoms with Crippen LogP contribution in [0.4, 0.5) is 8.78 Å². The Morgan fingerprint density at radius 2 is 1.81 bits per heavy atom. The SMILES string of the molecule is CCOC(C)O[C@@H]1[C@@H](OCc2c(F)cccc2F)[C@]2(C)CC[C@@]1(C(C)C)O2. The molecule has 0 amide bonds. The van der Waals surface area contributed by atoms with Crippen molar-refractivity contribution in [1.29, 1.82) is 0 Å². The molecule has 0 N–H and O–H groups in total. The average molecular weight is 384 g/mol. The minimum Gasteiger partial charge on any atom is -0.367 e. The topological polar surface area (TPSA) is 36.9 Å². The van der Waals surface area contributed by atoms with Gasteiger partial charge in [0.1, 0.15) is 29.4 Å². The molecule has 0 saturated carbocycles. The Balaban J connectivity index is 1.84. The fourth-order valence-corrected chi connectivity index (χ4v) is 4.47. The molecule has 2 fully saturated rings. The van der Waals surface area contributed by atoms with Crippen molar-refractivity contribution in [2.45, 2.75) is 83.8 Å². The Hall–Kier alpha value is -1.08. The van der Waals surface area contributed by atoms with E-state index in [4.69, 9.17) is 18.9 Å². The number of fused-ring (bicyclic) bond motifs is 2. The van der Waals surface area contributed by atoms with E-state index in [9.17, 15) is 8.78 Å². The molecule has 1 aromatic carbocycles. The van der Waals surface area contributed by atoms with Crippen LogP contribution in [0.3, 0.4) is 0 Å². The lowest BCUT2D eigenvalue weighted by molar-refractivity contribution is -0.216. The van der Waals surface area contributed by atoms with Crippen LogP contribution in [0, 0.1) is 17.6 Å². The summed E-state index contributed by atoms with van der Waals surface area (Å²) in [5.74, 6) is -1.01. The Morgan fingerprint density at radius 1 is 1.15 bits per heavy atom. The molecular formula is C21H30F2O4. The minimum absolute atomic E-state index is 0.0703. The van der Waals surface area contributed by atoms with Crippen LogP contribution in [0.15, 0.2) is 18.2 Å². The average Bonchev–Trinajstić information content (AvgIpc) is 3.06. The predicted octanol–water partition coefficient (Wildman–Crippen LogP) is 4.60. The summed E-state index contributed by atoms with van der Waals surface area (Å²) in [5, 5.41) is 0. The van der Waals surface area contributed by atoms with E-state index in [1.165, 1.54) is 18.2 Å². The van der Waals surface area contributed by atoms with Gasteiger partial charge in [-0.15, -0.1) is 0 Å². The zero-order valence-electron chi connectivity index (χ0n) is 16.8. The molecule has 2 heterocycles. The van der Waals surface area contributed by atoms with E-state index in [2.05, 4.69) is 13.8 Å². The van der Waals surface area contributed by atoms with E-state index in [0.29, 0.717) is 6.61 Å². The van der Waals surface area contributed by atoms with Crippen LogP contribution in [-0.2, 0) is 25.6 Å². The second-order valence-corrected chi connectivity index (χ2v) is 8.04. The van der Waals surface area contributed by atoms with E-state index in [-0.39, 0.29) is 24.2 Å². The molecule has 0 aromatic heterocycles. The molecule has 0 aliphatic carbocycles. The van der Waals surface area contributed by atoms with Crippen LogP contribution in [0.25, 0.3) is 0 Å². The summed E-state index contributed by atoms with van der Waals surface area (Å²) in [6.07, 6.45) is 0.457. The molecule has 27 heavy (non-hydrogen) atoms. The fraction of sp³-hybridized carbons (Fsp3) is 0.714. The first kappa shape index (κ1) is 20.6. The summed E-state index contributed by atoms with van der Waals surface area (Å²) in [6.45, 7) is 10.3. The van der Waals surface area contributed by atoms with E-state index < -0.39 is 35.2 Å². The van der Waals surface area contributed by atoms with E-state index in [1.54, 1.807) is 0 Å². The van der Waals surface area contributed by atoms with Crippen molar-refractivity contribution in [1.82, 2.24) is 0 Å². The van der Waals surface area contributed by atoms with Gasteiger partial charge in [0.25, 0.3) is 0 Å². The molecule has 152 valence electrons. The van der Waals surface area contributed by atoms with Gasteiger partial charge in [-0.1, -0.05) is 19.9 Å². The zero-order chi connectivity index (χ0) is 19.8. The van der Waals surface area contributed by atoms with Crippen molar-refractivity contribution >= 4 is 0 Å². The Kier molecular flexibility index (Phi) is 5.92. The summed E-state index contributed by atoms with van der Waals surface area (Å²) >= 11 is 0. The lowest BCUT2D eigenvalue weighted by Crippen LogP contribution is -2.54. The highest BCUT2D eigenvalue weighted by atomic mass is 19.1. The maximum Gasteiger partial charge on any atom is 0.155 e. The maximum absolute atomic E-state index is 14.0. The van der Waals surface area contributed by atoms with Gasteiger partial charge in [-0.05, 0) is 51.7 Å². The van der Waals surface area contributed by atoms with Gasteiger partial charge in [0, 0.05) is 12.2 Å². The van der Waals surface area contributed by atoms with Crippen LogP contribution in [0.1, 0.15) is 53.0 Å². The van der Waals surface area contributed by atoms with Crippen LogP contribution < -0.4 is 0 Å². The molecule has 2 aliphatic rings. The molecule has 1 aromatic rings. The second kappa shape index (κ2) is 7.74. The highest BCUT2D eigenvalue weighted by molar-refractivity contribution is 5.20. The highest BCUT2D eigenvalue weighted by Gasteiger charge is 2.68. The van der Waals surface area contributed by atoms with Gasteiger partial charge in [0.05, 0.1) is 12.2 Å². The third-order valence-corrected chi connectivity index (χ3v) is 5.98. The van der Waals surface area contributed by atoms with Gasteiger partial charge in [-0.3, -0.25) is 0 Å². The maximum atomic E-state index is 14.0. The molecule has 5 atom stereocenters. The van der Waals surface area contributed by atoms with E-state index in [1.807, 2.05) is 20.8 Å². The van der Waals surface area contributed by atoms with Crippen molar-refractivity contribution < 1.29 is 27.7 Å². The Bertz CT molecular complexity index is 647. The highest BCUT2D eigenvalue weighted by Crippen LogP contribution is 2.56. The fourth-order valence-electron chi connectivity index (χ4n) is 4.47. The third kappa shape index (κ3) is 3.65. The Labute approximate surface area is 160 Å². The monoisotopic (exact) mass is 384 g/mol. The van der Waals surface area contributed by atoms with Crippen LogP contribution in [0.2, 0.25) is 0 Å². The summed E-state index contributed by atoms with van der Waals surface area (Å²) in [6, 6.07) is 3.82. The van der Waals surface area contributed by atoms with Crippen molar-refractivity contribution in [3.8, 4) is 0 Å². The van der Waals surface area contributed by atoms with Gasteiger partial charge in [-0.25, -0.2) is 8.78 Å². The molecule has 2 bridgehead atoms. The number of benzene rings is 1. The lowest BCUT2D eigenvalue weighted by Gasteiger charge is -2.40. The summed E-state index contributed by atoms with van der Waals surface area (Å²) < 4.78 is 52.4. The molecule has 4 nitrogen and oxygen atoms in total. The quantitative estimate of drug-likeness (QED) is 0.614. The smallest absolute Gasteiger partial charge is 0.155 e. The van der Waals surface area contributed by atoms with Gasteiger partial charge in [0.15, 0.2) is 6.29 Å². The largest absolute Gasteiger partial charge is 0.367 e. The molecule has 0 spiro atoms. The van der Waals surface area contributed by atoms with E-state index >= 15 is 0 Å². The van der Waals surface area contributed by atoms with Crippen molar-refractivity contribution in [2.24, 2.45) is 5.92 Å². The van der Waals surface area contributed by atoms with Crippen molar-refractivity contribution in [2.75, 3.05) is 6.61 Å². The van der Waals surface area contributed by atoms with Crippen molar-refractivity contribution in [3.63, 3.8) is 0 Å². The molecule has 6 heteroatoms. The Morgan fingerprint density at radius 3 is 2.41 bits per heavy atom. The summed E-state index contributed by atoms with van der Waals surface area (Å²) in [4.78, 5) is 0. The molecule has 2 saturated heterocycles. The second-order valence-electron chi connectivity index (χ2n) is 8.04. The predicted molar refractivity (Wildman–Crippen MR) is 97.2 cm³/mol. The summed E-state index contributed by atoms with van der Waals surface area (Å²) in [7, 11) is 0. The third-order valence-electron chi connectivity index (χ3n) is 5.98. The van der Waals surface area contributed by atoms with Gasteiger partial charge >= 0.3 is 0 Å². The van der Waals surface area contributed by atoms with Gasteiger partial charge in [-0.2, -0.15) is 0 Å². The lowest BCUT2D eigenvalue weighted by atomic mass is 9.73. The number of ether oxygens (including phenoxy) is 4. The first-order valence-electron chi connectivity index (χ1n) is 9.75. The van der Waals surface area contributed by atoms with Crippen molar-refractivity contribution in [3.05, 3.63) is 35.4 Å². The van der Waals surface area contributed by atoms with Crippen LogP contribution >= 0.6 is 0 Å². The summed E-state index contributed by atoms with van der Waals surface area (Å²) in [5.41, 5.74) is -1.11. The standard InChI is InChI=1S/C21H30F2O4/c1-6-24-14(4)26-19-18(20(5)10-11-21(19,27-20)13(2)3)25-12-15-16(22)8-7-9-17(15)23/h7-9,13-14,18-19H,6,10-12H2,1-5H3/t14?,18-,19-,20+,21+/m1/s1. The molecule has 2 aliphatic heterocycles. The van der Waals surface area contributed by atoms with Gasteiger partial charge in [0.2, 0.25) is 0 Å². The number of hydrogen-bond acceptors (Lipinski definition) is 4. The zero-order valence-corrected chi connectivity index (χ0v) is 16.8. The first-order valence-corrected chi connectivity index (χ1v) is 9.75. The molecule has 3 rings (SSSR count). The number of hydrogen-bond donors (Lipinski definition) is 0.